The number of aromatic amines is 1. The topological polar surface area (TPSA) is 62.0 Å². The second-order valence-electron chi connectivity index (χ2n) is 7.72. The average molecular weight is 386 g/mol. The van der Waals surface area contributed by atoms with Crippen LogP contribution in [0.3, 0.4) is 0 Å². The van der Waals surface area contributed by atoms with Gasteiger partial charge in [0.15, 0.2) is 5.78 Å². The number of rotatable bonds is 6. The molecule has 29 heavy (non-hydrogen) atoms. The first-order chi connectivity index (χ1) is 14.1. The predicted molar refractivity (Wildman–Crippen MR) is 114 cm³/mol. The molecule has 1 aromatic heterocycles. The van der Waals surface area contributed by atoms with E-state index in [-0.39, 0.29) is 17.7 Å². The summed E-state index contributed by atoms with van der Waals surface area (Å²) >= 11 is 0. The Balaban J connectivity index is 1.56. The molecule has 1 atom stereocenters. The summed E-state index contributed by atoms with van der Waals surface area (Å²) < 4.78 is 0. The van der Waals surface area contributed by atoms with Crippen LogP contribution in [0.15, 0.2) is 60.7 Å². The minimum atomic E-state index is -0.147. The third kappa shape index (κ3) is 4.16. The molecule has 1 aliphatic rings. The molecule has 1 heterocycles. The van der Waals surface area contributed by atoms with Crippen molar-refractivity contribution in [2.75, 3.05) is 0 Å². The van der Waals surface area contributed by atoms with E-state index in [1.807, 2.05) is 55.5 Å². The van der Waals surface area contributed by atoms with Gasteiger partial charge >= 0.3 is 0 Å². The smallest absolute Gasteiger partial charge is 0.268 e. The Bertz CT molecular complexity index is 1010. The molecule has 2 aromatic carbocycles. The Morgan fingerprint density at radius 1 is 1.03 bits per heavy atom. The van der Waals surface area contributed by atoms with Gasteiger partial charge in [-0.1, -0.05) is 60.7 Å². The largest absolute Gasteiger partial charge is 0.354 e. The Morgan fingerprint density at radius 2 is 1.72 bits per heavy atom. The first kappa shape index (κ1) is 19.2. The van der Waals surface area contributed by atoms with Crippen LogP contribution >= 0.6 is 0 Å². The average Bonchev–Trinajstić information content (AvgIpc) is 3.10. The molecule has 1 amide bonds. The van der Waals surface area contributed by atoms with Crippen LogP contribution in [0.2, 0.25) is 0 Å². The van der Waals surface area contributed by atoms with E-state index in [1.54, 1.807) is 0 Å². The molecule has 148 valence electrons. The van der Waals surface area contributed by atoms with E-state index in [0.717, 1.165) is 48.1 Å². The van der Waals surface area contributed by atoms with Crippen LogP contribution in [0.5, 0.6) is 0 Å². The van der Waals surface area contributed by atoms with Gasteiger partial charge in [-0.15, -0.1) is 0 Å². The number of carbonyl (C=O) groups excluding carboxylic acids is 2. The van der Waals surface area contributed by atoms with E-state index in [0.29, 0.717) is 12.1 Å². The zero-order chi connectivity index (χ0) is 20.2. The second kappa shape index (κ2) is 8.48. The quantitative estimate of drug-likeness (QED) is 0.630. The number of fused-ring (bicyclic) bond motifs is 1. The summed E-state index contributed by atoms with van der Waals surface area (Å²) in [6, 6.07) is 20.3. The number of hydrogen-bond acceptors (Lipinski definition) is 2. The van der Waals surface area contributed by atoms with E-state index in [1.165, 1.54) is 5.56 Å². The van der Waals surface area contributed by atoms with Crippen LogP contribution in [-0.2, 0) is 12.8 Å². The van der Waals surface area contributed by atoms with Crippen LogP contribution in [-0.4, -0.2) is 16.7 Å². The minimum absolute atomic E-state index is 0.0978. The van der Waals surface area contributed by atoms with Crippen LogP contribution in [0.25, 0.3) is 0 Å². The van der Waals surface area contributed by atoms with Crippen LogP contribution in [0, 0.1) is 6.92 Å². The van der Waals surface area contributed by atoms with Gasteiger partial charge in [-0.2, -0.15) is 0 Å². The first-order valence-corrected chi connectivity index (χ1v) is 10.3. The molecule has 4 heteroatoms. The monoisotopic (exact) mass is 386 g/mol. The molecule has 0 aliphatic heterocycles. The van der Waals surface area contributed by atoms with E-state index >= 15 is 0 Å². The number of hydrogen-bond donors (Lipinski definition) is 2. The fourth-order valence-corrected chi connectivity index (χ4v) is 4.19. The zero-order valence-corrected chi connectivity index (χ0v) is 16.7. The van der Waals surface area contributed by atoms with Gasteiger partial charge in [0.1, 0.15) is 5.69 Å². The second-order valence-corrected chi connectivity index (χ2v) is 7.72. The fraction of sp³-hybridized carbons (Fsp3) is 0.280. The highest BCUT2D eigenvalue weighted by Gasteiger charge is 2.27. The van der Waals surface area contributed by atoms with Crippen LogP contribution < -0.4 is 5.32 Å². The van der Waals surface area contributed by atoms with Crippen molar-refractivity contribution in [2.24, 2.45) is 0 Å². The molecule has 0 fully saturated rings. The molecule has 3 aromatic rings. The number of nitrogens with one attached hydrogen (secondary N) is 2. The summed E-state index contributed by atoms with van der Waals surface area (Å²) in [5, 5.41) is 3.20. The van der Waals surface area contributed by atoms with Crippen LogP contribution in [0.1, 0.15) is 68.5 Å². The lowest BCUT2D eigenvalue weighted by atomic mass is 9.93. The van der Waals surface area contributed by atoms with Crippen molar-refractivity contribution < 1.29 is 9.59 Å². The molecule has 0 saturated carbocycles. The van der Waals surface area contributed by atoms with E-state index in [9.17, 15) is 9.59 Å². The summed E-state index contributed by atoms with van der Waals surface area (Å²) in [5.41, 5.74) is 5.26. The molecule has 0 saturated heterocycles. The highest BCUT2D eigenvalue weighted by atomic mass is 16.2. The summed E-state index contributed by atoms with van der Waals surface area (Å²) in [4.78, 5) is 28.7. The van der Waals surface area contributed by atoms with Gasteiger partial charge < -0.3 is 10.3 Å². The third-order valence-corrected chi connectivity index (χ3v) is 5.74. The third-order valence-electron chi connectivity index (χ3n) is 5.74. The summed E-state index contributed by atoms with van der Waals surface area (Å²) in [6.45, 7) is 1.87. The number of amides is 1. The van der Waals surface area contributed by atoms with Crippen molar-refractivity contribution in [1.82, 2.24) is 10.3 Å². The number of carbonyl (C=O) groups is 2. The molecule has 1 unspecified atom stereocenters. The van der Waals surface area contributed by atoms with Gasteiger partial charge in [0.25, 0.3) is 5.91 Å². The highest BCUT2D eigenvalue weighted by Crippen LogP contribution is 2.27. The Hall–Kier alpha value is -3.14. The maximum absolute atomic E-state index is 13.1. The van der Waals surface area contributed by atoms with E-state index in [4.69, 9.17) is 0 Å². The number of benzene rings is 2. The van der Waals surface area contributed by atoms with Crippen LogP contribution in [0.4, 0.5) is 0 Å². The first-order valence-electron chi connectivity index (χ1n) is 10.3. The van der Waals surface area contributed by atoms with Crippen molar-refractivity contribution in [3.8, 4) is 0 Å². The van der Waals surface area contributed by atoms with Gasteiger partial charge in [0, 0.05) is 17.7 Å². The molecular weight excluding hydrogens is 360 g/mol. The number of H-pyrrole nitrogens is 1. The Labute approximate surface area is 171 Å². The number of aromatic nitrogens is 1. The van der Waals surface area contributed by atoms with Gasteiger partial charge in [0.05, 0.1) is 6.04 Å². The highest BCUT2D eigenvalue weighted by molar-refractivity contribution is 6.04. The number of aryl methyl sites for hydroxylation is 2. The summed E-state index contributed by atoms with van der Waals surface area (Å²) in [5.74, 6) is -0.00523. The molecule has 0 spiro atoms. The maximum atomic E-state index is 13.1. The standard InChI is InChI=1S/C25H26N2O2/c1-17-23-21(13-8-14-22(23)28)26-24(17)25(29)27-20(19-11-6-3-7-12-19)16-15-18-9-4-2-5-10-18/h2-7,9-12,20,26H,8,13-16H2,1H3,(H,27,29). The molecule has 4 nitrogen and oxygen atoms in total. The Morgan fingerprint density at radius 3 is 2.41 bits per heavy atom. The van der Waals surface area contributed by atoms with Crippen molar-refractivity contribution in [3.63, 3.8) is 0 Å². The lowest BCUT2D eigenvalue weighted by molar-refractivity contribution is 0.0929. The molecule has 2 N–H and O–H groups in total. The fourth-order valence-electron chi connectivity index (χ4n) is 4.19. The predicted octanol–water partition coefficient (Wildman–Crippen LogP) is 4.95. The van der Waals surface area contributed by atoms with Gasteiger partial charge in [-0.05, 0) is 49.3 Å². The van der Waals surface area contributed by atoms with Gasteiger partial charge in [-0.3, -0.25) is 9.59 Å². The minimum Gasteiger partial charge on any atom is -0.354 e. The van der Waals surface area contributed by atoms with Crippen molar-refractivity contribution in [1.29, 1.82) is 0 Å². The van der Waals surface area contributed by atoms with E-state index in [2.05, 4.69) is 22.4 Å². The SMILES string of the molecule is Cc1c(C(=O)NC(CCc2ccccc2)c2ccccc2)[nH]c2c1C(=O)CCC2. The lowest BCUT2D eigenvalue weighted by Crippen LogP contribution is -2.29. The van der Waals surface area contributed by atoms with Crippen molar-refractivity contribution in [2.45, 2.75) is 45.1 Å². The number of ketones is 1. The van der Waals surface area contributed by atoms with E-state index < -0.39 is 0 Å². The maximum Gasteiger partial charge on any atom is 0.268 e. The normalized spacial score (nSPS) is 14.3. The zero-order valence-electron chi connectivity index (χ0n) is 16.7. The molecule has 4 rings (SSSR count). The van der Waals surface area contributed by atoms with Crippen molar-refractivity contribution in [3.05, 3.63) is 94.3 Å². The van der Waals surface area contributed by atoms with Gasteiger partial charge in [-0.25, -0.2) is 0 Å². The molecule has 0 radical (unpaired) electrons. The molecule has 0 bridgehead atoms. The summed E-state index contributed by atoms with van der Waals surface area (Å²) in [7, 11) is 0. The number of Topliss-reactive ketones (excluding diaryl/α,β-unsaturated/α-hetero) is 1. The van der Waals surface area contributed by atoms with Gasteiger partial charge in [0.2, 0.25) is 0 Å². The molecule has 1 aliphatic carbocycles. The van der Waals surface area contributed by atoms with Crippen molar-refractivity contribution >= 4 is 11.7 Å². The molecular formula is C25H26N2O2. The Kier molecular flexibility index (Phi) is 5.61. The lowest BCUT2D eigenvalue weighted by Gasteiger charge is -2.19. The summed E-state index contributed by atoms with van der Waals surface area (Å²) in [6.07, 6.45) is 3.91.